The maximum absolute atomic E-state index is 12.9. The summed E-state index contributed by atoms with van der Waals surface area (Å²) in [4.78, 5) is 33.7. The van der Waals surface area contributed by atoms with Gasteiger partial charge in [0.05, 0.1) is 5.69 Å². The third-order valence-corrected chi connectivity index (χ3v) is 6.06. The lowest BCUT2D eigenvalue weighted by Crippen LogP contribution is -2.46. The molecule has 0 saturated carbocycles. The number of aromatic amines is 1. The first-order valence-electron chi connectivity index (χ1n) is 9.99. The molecule has 1 amide bonds. The Kier molecular flexibility index (Phi) is 4.27. The number of likely N-dealkylation sites (tertiary alicyclic amines) is 1. The van der Waals surface area contributed by atoms with Gasteiger partial charge >= 0.3 is 5.69 Å². The van der Waals surface area contributed by atoms with Crippen LogP contribution in [0.15, 0.2) is 65.7 Å². The number of rotatable bonds is 3. The SMILES string of the molecule is Cn1nc(C(=O)N2CCC(c3ccccc3)(c3cn4ccccc4n3)CC2)[nH]c1=O. The van der Waals surface area contributed by atoms with E-state index >= 15 is 0 Å². The lowest BCUT2D eigenvalue weighted by Gasteiger charge is -2.41. The van der Waals surface area contributed by atoms with Crippen molar-refractivity contribution >= 4 is 11.6 Å². The molecule has 3 aromatic heterocycles. The van der Waals surface area contributed by atoms with Crippen molar-refractivity contribution in [2.45, 2.75) is 18.3 Å². The van der Waals surface area contributed by atoms with Gasteiger partial charge in [0, 0.05) is 37.9 Å². The summed E-state index contributed by atoms with van der Waals surface area (Å²) in [6, 6.07) is 16.3. The number of carbonyl (C=O) groups is 1. The molecule has 1 fully saturated rings. The van der Waals surface area contributed by atoms with Crippen LogP contribution in [0, 0.1) is 0 Å². The Morgan fingerprint density at radius 3 is 2.47 bits per heavy atom. The van der Waals surface area contributed by atoms with Crippen molar-refractivity contribution in [2.24, 2.45) is 7.05 Å². The van der Waals surface area contributed by atoms with E-state index < -0.39 is 5.69 Å². The maximum atomic E-state index is 12.9. The summed E-state index contributed by atoms with van der Waals surface area (Å²) < 4.78 is 3.18. The molecule has 0 aliphatic carbocycles. The number of hydrogen-bond donors (Lipinski definition) is 1. The highest BCUT2D eigenvalue weighted by Crippen LogP contribution is 2.41. The molecule has 1 aromatic carbocycles. The van der Waals surface area contributed by atoms with E-state index in [-0.39, 0.29) is 17.1 Å². The molecule has 30 heavy (non-hydrogen) atoms. The summed E-state index contributed by atoms with van der Waals surface area (Å²) in [5, 5.41) is 4.01. The van der Waals surface area contributed by atoms with Gasteiger partial charge in [0.2, 0.25) is 5.82 Å². The van der Waals surface area contributed by atoms with Crippen LogP contribution in [0.4, 0.5) is 0 Å². The Bertz CT molecular complexity index is 1230. The van der Waals surface area contributed by atoms with Gasteiger partial charge in [-0.3, -0.25) is 9.78 Å². The molecule has 0 radical (unpaired) electrons. The number of imidazole rings is 1. The molecule has 1 aliphatic rings. The summed E-state index contributed by atoms with van der Waals surface area (Å²) in [5.41, 5.74) is 2.46. The van der Waals surface area contributed by atoms with Crippen molar-refractivity contribution in [3.8, 4) is 0 Å². The minimum Gasteiger partial charge on any atom is -0.336 e. The van der Waals surface area contributed by atoms with Crippen LogP contribution in [-0.2, 0) is 12.5 Å². The molecule has 1 N–H and O–H groups in total. The van der Waals surface area contributed by atoms with Gasteiger partial charge in [-0.25, -0.2) is 14.5 Å². The molecule has 5 rings (SSSR count). The number of fused-ring (bicyclic) bond motifs is 1. The van der Waals surface area contributed by atoms with Crippen LogP contribution >= 0.6 is 0 Å². The highest BCUT2D eigenvalue weighted by molar-refractivity contribution is 5.90. The lowest BCUT2D eigenvalue weighted by molar-refractivity contribution is 0.0671. The smallest absolute Gasteiger partial charge is 0.336 e. The minimum absolute atomic E-state index is 0.0856. The van der Waals surface area contributed by atoms with E-state index in [1.165, 1.54) is 12.6 Å². The molecule has 4 aromatic rings. The van der Waals surface area contributed by atoms with E-state index in [4.69, 9.17) is 4.98 Å². The van der Waals surface area contributed by atoms with Crippen LogP contribution in [0.5, 0.6) is 0 Å². The van der Waals surface area contributed by atoms with Gasteiger partial charge in [-0.1, -0.05) is 36.4 Å². The van der Waals surface area contributed by atoms with Crippen LogP contribution in [0.2, 0.25) is 0 Å². The molecular weight excluding hydrogens is 380 g/mol. The van der Waals surface area contributed by atoms with Crippen LogP contribution in [0.25, 0.3) is 5.65 Å². The van der Waals surface area contributed by atoms with Crippen molar-refractivity contribution in [3.05, 3.63) is 88.5 Å². The Balaban J connectivity index is 1.49. The highest BCUT2D eigenvalue weighted by atomic mass is 16.2. The Morgan fingerprint density at radius 1 is 1.07 bits per heavy atom. The molecule has 152 valence electrons. The predicted octanol–water partition coefficient (Wildman–Crippen LogP) is 1.98. The minimum atomic E-state index is -0.390. The third-order valence-electron chi connectivity index (χ3n) is 6.06. The van der Waals surface area contributed by atoms with E-state index in [0.29, 0.717) is 13.1 Å². The van der Waals surface area contributed by atoms with Gasteiger partial charge in [0.1, 0.15) is 5.65 Å². The summed E-state index contributed by atoms with van der Waals surface area (Å²) in [5.74, 6) is -0.160. The van der Waals surface area contributed by atoms with Gasteiger partial charge in [-0.15, -0.1) is 5.10 Å². The molecule has 4 heterocycles. The van der Waals surface area contributed by atoms with Crippen molar-refractivity contribution in [2.75, 3.05) is 13.1 Å². The van der Waals surface area contributed by atoms with E-state index in [1.54, 1.807) is 4.90 Å². The second-order valence-electron chi connectivity index (χ2n) is 7.73. The number of carbonyl (C=O) groups excluding carboxylic acids is 1. The number of hydrogen-bond acceptors (Lipinski definition) is 4. The number of aromatic nitrogens is 5. The van der Waals surface area contributed by atoms with Gasteiger partial charge in [-0.05, 0) is 30.5 Å². The topological polar surface area (TPSA) is 88.3 Å². The molecule has 1 saturated heterocycles. The average molecular weight is 402 g/mol. The molecule has 0 spiro atoms. The van der Waals surface area contributed by atoms with Gasteiger partial charge in [-0.2, -0.15) is 0 Å². The normalized spacial score (nSPS) is 16.1. The summed E-state index contributed by atoms with van der Waals surface area (Å²) >= 11 is 0. The van der Waals surface area contributed by atoms with Crippen LogP contribution in [0.1, 0.15) is 34.7 Å². The van der Waals surface area contributed by atoms with Gasteiger partial charge in [0.15, 0.2) is 0 Å². The Labute approximate surface area is 172 Å². The number of piperidine rings is 1. The van der Waals surface area contributed by atoms with E-state index in [9.17, 15) is 9.59 Å². The number of nitrogens with zero attached hydrogens (tertiary/aromatic N) is 5. The van der Waals surface area contributed by atoms with E-state index in [0.717, 1.165) is 28.9 Å². The van der Waals surface area contributed by atoms with Crippen LogP contribution < -0.4 is 5.69 Å². The molecular formula is C22H22N6O2. The molecule has 8 nitrogen and oxygen atoms in total. The second-order valence-corrected chi connectivity index (χ2v) is 7.73. The van der Waals surface area contributed by atoms with E-state index in [2.05, 4.69) is 28.4 Å². The van der Waals surface area contributed by atoms with Crippen molar-refractivity contribution in [3.63, 3.8) is 0 Å². The summed E-state index contributed by atoms with van der Waals surface area (Å²) in [6.45, 7) is 1.11. The van der Waals surface area contributed by atoms with Crippen molar-refractivity contribution in [1.29, 1.82) is 0 Å². The first kappa shape index (κ1) is 18.4. The number of aryl methyl sites for hydroxylation is 1. The summed E-state index contributed by atoms with van der Waals surface area (Å²) in [7, 11) is 1.52. The van der Waals surface area contributed by atoms with Gasteiger partial charge < -0.3 is 9.30 Å². The predicted molar refractivity (Wildman–Crippen MR) is 111 cm³/mol. The van der Waals surface area contributed by atoms with Crippen molar-refractivity contribution < 1.29 is 4.79 Å². The fourth-order valence-corrected chi connectivity index (χ4v) is 4.36. The number of nitrogens with one attached hydrogen (secondary N) is 1. The molecule has 0 atom stereocenters. The van der Waals surface area contributed by atoms with Crippen LogP contribution in [0.3, 0.4) is 0 Å². The van der Waals surface area contributed by atoms with E-state index in [1.807, 2.05) is 47.0 Å². The highest BCUT2D eigenvalue weighted by Gasteiger charge is 2.41. The maximum Gasteiger partial charge on any atom is 0.343 e. The molecule has 1 aliphatic heterocycles. The van der Waals surface area contributed by atoms with Gasteiger partial charge in [0.25, 0.3) is 5.91 Å². The average Bonchev–Trinajstić information content (AvgIpc) is 3.37. The summed E-state index contributed by atoms with van der Waals surface area (Å²) in [6.07, 6.45) is 5.57. The zero-order valence-corrected chi connectivity index (χ0v) is 16.7. The second kappa shape index (κ2) is 6.98. The first-order chi connectivity index (χ1) is 14.6. The lowest BCUT2D eigenvalue weighted by atomic mass is 9.70. The number of benzene rings is 1. The number of pyridine rings is 1. The third kappa shape index (κ3) is 2.92. The molecule has 0 bridgehead atoms. The fraction of sp³-hybridized carbons (Fsp3) is 0.273. The molecule has 0 unspecified atom stereocenters. The zero-order chi connectivity index (χ0) is 20.7. The zero-order valence-electron chi connectivity index (χ0n) is 16.7. The number of amides is 1. The molecule has 8 heteroatoms. The Hall–Kier alpha value is -3.68. The first-order valence-corrected chi connectivity index (χ1v) is 9.99. The number of H-pyrrole nitrogens is 1. The monoisotopic (exact) mass is 402 g/mol. The van der Waals surface area contributed by atoms with Crippen LogP contribution in [-0.4, -0.2) is 48.0 Å². The Morgan fingerprint density at radius 2 is 1.80 bits per heavy atom. The largest absolute Gasteiger partial charge is 0.343 e. The quantitative estimate of drug-likeness (QED) is 0.568. The standard InChI is InChI=1S/C22H22N6O2/c1-26-21(30)24-19(25-26)20(29)27-13-10-22(11-14-27,16-7-3-2-4-8-16)17-15-28-12-6-5-9-18(28)23-17/h2-9,12,15H,10-11,13-14H2,1H3,(H,24,25,30). The van der Waals surface area contributed by atoms with Crippen molar-refractivity contribution in [1.82, 2.24) is 29.0 Å². The fourth-order valence-electron chi connectivity index (χ4n) is 4.36.